The highest BCUT2D eigenvalue weighted by atomic mass is 28.4. The minimum atomic E-state index is -2.18. The van der Waals surface area contributed by atoms with E-state index in [1.165, 1.54) is 12.0 Å². The molecule has 0 unspecified atom stereocenters. The van der Waals surface area contributed by atoms with Gasteiger partial charge < -0.3 is 19.2 Å². The molecule has 41 heavy (non-hydrogen) atoms. The van der Waals surface area contributed by atoms with E-state index in [1.54, 1.807) is 37.3 Å². The summed E-state index contributed by atoms with van der Waals surface area (Å²) in [5.41, 5.74) is -0.840. The molecule has 1 aromatic rings. The Bertz CT molecular complexity index is 1230. The number of benzene rings is 1. The van der Waals surface area contributed by atoms with Crippen molar-refractivity contribution in [3.63, 3.8) is 0 Å². The number of esters is 1. The van der Waals surface area contributed by atoms with Crippen LogP contribution in [0.5, 0.6) is 0 Å². The largest absolute Gasteiger partial charge is 0.463 e. The minimum Gasteiger partial charge on any atom is -0.463 e. The number of nitrogens with one attached hydrogen (secondary N) is 1. The van der Waals surface area contributed by atoms with Crippen molar-refractivity contribution in [3.8, 4) is 0 Å². The van der Waals surface area contributed by atoms with Gasteiger partial charge in [0.05, 0.1) is 36.7 Å². The fourth-order valence-corrected chi connectivity index (χ4v) is 7.37. The summed E-state index contributed by atoms with van der Waals surface area (Å²) in [5, 5.41) is 2.87. The summed E-state index contributed by atoms with van der Waals surface area (Å²) >= 11 is 0. The van der Waals surface area contributed by atoms with Crippen LogP contribution in [0.2, 0.25) is 18.1 Å². The molecule has 1 saturated heterocycles. The number of ether oxygens (including phenoxy) is 2. The van der Waals surface area contributed by atoms with Crippen molar-refractivity contribution in [1.82, 2.24) is 10.2 Å². The van der Waals surface area contributed by atoms with E-state index < -0.39 is 55.8 Å². The van der Waals surface area contributed by atoms with Crippen LogP contribution >= 0.6 is 0 Å². The van der Waals surface area contributed by atoms with E-state index in [4.69, 9.17) is 13.9 Å². The summed E-state index contributed by atoms with van der Waals surface area (Å²) in [6.45, 7) is 14.3. The minimum absolute atomic E-state index is 0.00183. The molecule has 3 amide bonds. The topological polar surface area (TPSA) is 111 Å². The van der Waals surface area contributed by atoms with Gasteiger partial charge in [0.25, 0.3) is 5.91 Å². The summed E-state index contributed by atoms with van der Waals surface area (Å²) in [6, 6.07) is 8.20. The molecule has 3 aliphatic rings. The molecular formula is C31H44N2O7Si. The lowest BCUT2D eigenvalue weighted by Crippen LogP contribution is -2.69. The third-order valence-corrected chi connectivity index (χ3v) is 13.9. The molecule has 1 aliphatic carbocycles. The van der Waals surface area contributed by atoms with Crippen LogP contribution in [0, 0.1) is 11.8 Å². The maximum absolute atomic E-state index is 14.4. The van der Waals surface area contributed by atoms with Gasteiger partial charge >= 0.3 is 5.97 Å². The van der Waals surface area contributed by atoms with Gasteiger partial charge in [-0.25, -0.2) is 9.69 Å². The van der Waals surface area contributed by atoms with Crippen LogP contribution in [0.15, 0.2) is 36.1 Å². The first-order valence-corrected chi connectivity index (χ1v) is 17.5. The zero-order chi connectivity index (χ0) is 30.3. The zero-order valence-electron chi connectivity index (χ0n) is 25.5. The van der Waals surface area contributed by atoms with E-state index >= 15 is 0 Å². The van der Waals surface area contributed by atoms with Crippen LogP contribution in [0.3, 0.4) is 0 Å². The van der Waals surface area contributed by atoms with Crippen molar-refractivity contribution in [1.29, 1.82) is 0 Å². The molecule has 9 nitrogen and oxygen atoms in total. The summed E-state index contributed by atoms with van der Waals surface area (Å²) < 4.78 is 18.0. The van der Waals surface area contributed by atoms with Crippen LogP contribution < -0.4 is 5.32 Å². The second-order valence-corrected chi connectivity index (χ2v) is 17.8. The monoisotopic (exact) mass is 584 g/mol. The van der Waals surface area contributed by atoms with Gasteiger partial charge in [0, 0.05) is 12.8 Å². The number of imide groups is 1. The van der Waals surface area contributed by atoms with E-state index in [1.807, 2.05) is 6.92 Å². The van der Waals surface area contributed by atoms with E-state index in [-0.39, 0.29) is 22.3 Å². The van der Waals surface area contributed by atoms with Crippen molar-refractivity contribution in [2.45, 2.75) is 103 Å². The number of nitrogens with zero attached hydrogens (tertiary/aromatic N) is 1. The van der Waals surface area contributed by atoms with Gasteiger partial charge in [-0.1, -0.05) is 64.4 Å². The molecule has 1 aromatic carbocycles. The Morgan fingerprint density at radius 3 is 2.22 bits per heavy atom. The smallest absolute Gasteiger partial charge is 0.374 e. The second kappa shape index (κ2) is 11.4. The highest BCUT2D eigenvalue weighted by molar-refractivity contribution is 6.74. The SMILES string of the molecule is COC(=O)C1=C(c2ccccc2)C(=O)N(C(=O)[C@H](C)[C@H]2NC(=O)[C@@H]2[C@@H](C)O[Si](C)(C)C(C)(C)C)C2(CCCCC2)O1. The third-order valence-electron chi connectivity index (χ3n) is 9.35. The molecule has 10 heteroatoms. The molecule has 2 aliphatic heterocycles. The average Bonchev–Trinajstić information content (AvgIpc) is 2.90. The molecule has 4 atom stereocenters. The van der Waals surface area contributed by atoms with Crippen molar-refractivity contribution in [3.05, 3.63) is 41.7 Å². The predicted molar refractivity (Wildman–Crippen MR) is 156 cm³/mol. The molecule has 2 fully saturated rings. The molecule has 0 bridgehead atoms. The molecule has 2 heterocycles. The van der Waals surface area contributed by atoms with Crippen LogP contribution in [0.1, 0.15) is 72.3 Å². The molecular weight excluding hydrogens is 540 g/mol. The van der Waals surface area contributed by atoms with Crippen LogP contribution in [0.25, 0.3) is 5.57 Å². The first kappa shape index (κ1) is 31.0. The molecule has 1 N–H and O–H groups in total. The summed E-state index contributed by atoms with van der Waals surface area (Å²) in [7, 11) is -0.936. The molecule has 4 rings (SSSR count). The fraction of sp³-hybridized carbons (Fsp3) is 0.613. The predicted octanol–water partition coefficient (Wildman–Crippen LogP) is 4.78. The zero-order valence-corrected chi connectivity index (χ0v) is 26.5. The van der Waals surface area contributed by atoms with Crippen LogP contribution in [0.4, 0.5) is 0 Å². The number of hydrogen-bond donors (Lipinski definition) is 1. The van der Waals surface area contributed by atoms with Gasteiger partial charge in [-0.2, -0.15) is 0 Å². The van der Waals surface area contributed by atoms with E-state index in [0.29, 0.717) is 18.4 Å². The lowest BCUT2D eigenvalue weighted by Gasteiger charge is -2.51. The molecule has 0 aromatic heterocycles. The number of carbonyl (C=O) groups excluding carboxylic acids is 4. The first-order chi connectivity index (χ1) is 19.1. The molecule has 224 valence electrons. The summed E-state index contributed by atoms with van der Waals surface area (Å²) in [4.78, 5) is 55.7. The molecule has 1 saturated carbocycles. The standard InChI is InChI=1S/C31H44N2O7Si/c1-19(24-22(26(34)32-24)20(2)40-41(7,8)30(3,4)5)27(35)33-28(36)23(21-15-11-9-12-16-21)25(29(37)38-6)39-31(33)17-13-10-14-18-31/h9,11-12,15-16,19-20,22,24H,10,13-14,17-18H2,1-8H3,(H,32,34)/t19-,20-,22-,24-/m1/s1. The lowest BCUT2D eigenvalue weighted by molar-refractivity contribution is -0.193. The van der Waals surface area contributed by atoms with Gasteiger partial charge in [-0.3, -0.25) is 14.4 Å². The van der Waals surface area contributed by atoms with E-state index in [0.717, 1.165) is 19.3 Å². The number of hydrogen-bond acceptors (Lipinski definition) is 7. The third kappa shape index (κ3) is 5.60. The Labute approximate surface area is 244 Å². The summed E-state index contributed by atoms with van der Waals surface area (Å²) in [6.07, 6.45) is 2.83. The van der Waals surface area contributed by atoms with E-state index in [9.17, 15) is 19.2 Å². The molecule has 0 radical (unpaired) electrons. The second-order valence-electron chi connectivity index (χ2n) is 13.1. The highest BCUT2D eigenvalue weighted by Gasteiger charge is 2.57. The van der Waals surface area contributed by atoms with Gasteiger partial charge in [-0.15, -0.1) is 0 Å². The van der Waals surface area contributed by atoms with E-state index in [2.05, 4.69) is 39.2 Å². The quantitative estimate of drug-likeness (QED) is 0.279. The normalized spacial score (nSPS) is 24.2. The first-order valence-electron chi connectivity index (χ1n) is 14.6. The highest BCUT2D eigenvalue weighted by Crippen LogP contribution is 2.45. The van der Waals surface area contributed by atoms with Gasteiger partial charge in [0.1, 0.15) is 0 Å². The number of carbonyl (C=O) groups is 4. The Morgan fingerprint density at radius 2 is 1.68 bits per heavy atom. The Balaban J connectivity index is 1.70. The Hall–Kier alpha value is -2.98. The maximum atomic E-state index is 14.4. The maximum Gasteiger partial charge on any atom is 0.374 e. The van der Waals surface area contributed by atoms with Gasteiger partial charge in [0.2, 0.25) is 17.6 Å². The number of methoxy groups -OCH3 is 1. The Morgan fingerprint density at radius 1 is 1.07 bits per heavy atom. The van der Waals surface area contributed by atoms with Gasteiger partial charge in [0.15, 0.2) is 14.0 Å². The number of β-lactam (4-membered cyclic amide) rings is 1. The lowest BCUT2D eigenvalue weighted by atomic mass is 9.77. The van der Waals surface area contributed by atoms with Gasteiger partial charge in [-0.05, 0) is 43.5 Å². The van der Waals surface area contributed by atoms with Crippen molar-refractivity contribution in [2.75, 3.05) is 7.11 Å². The van der Waals surface area contributed by atoms with Crippen molar-refractivity contribution in [2.24, 2.45) is 11.8 Å². The number of rotatable bonds is 7. The fourth-order valence-electron chi connectivity index (χ4n) is 5.94. The number of amides is 3. The van der Waals surface area contributed by atoms with Crippen molar-refractivity contribution >= 4 is 37.6 Å². The van der Waals surface area contributed by atoms with Crippen molar-refractivity contribution < 1.29 is 33.1 Å². The summed E-state index contributed by atoms with van der Waals surface area (Å²) in [5.74, 6) is -3.38. The molecule has 1 spiro atoms. The van der Waals surface area contributed by atoms with Crippen LogP contribution in [-0.2, 0) is 33.1 Å². The van der Waals surface area contributed by atoms with Crippen LogP contribution in [-0.4, -0.2) is 61.9 Å². The Kier molecular flexibility index (Phi) is 8.58. The average molecular weight is 585 g/mol.